The number of benzene rings is 1. The standard InChI is InChI=1S/C9H8O.C6H15N5.ClH/c1-2-6-9-8(4-1)5-3-7-10-9;1-2-3-4-10-6(9)11-5(7)8;/h1-6H,7H2;2-4H2,1H3,(H6,7,8,9,10,11);1H. The fourth-order valence-electron chi connectivity index (χ4n) is 1.60. The van der Waals surface area contributed by atoms with Crippen LogP contribution in [0.2, 0.25) is 0 Å². The minimum absolute atomic E-state index is 0. The number of rotatable bonds is 3. The summed E-state index contributed by atoms with van der Waals surface area (Å²) in [6, 6.07) is 8.03. The Kier molecular flexibility index (Phi) is 10.3. The molecule has 0 fully saturated rings. The molecule has 1 heterocycles. The number of nitrogens with one attached hydrogen (secondary N) is 2. The minimum atomic E-state index is -0.178. The maximum absolute atomic E-state index is 6.81. The fourth-order valence-corrected chi connectivity index (χ4v) is 1.60. The summed E-state index contributed by atoms with van der Waals surface area (Å²) in [6.45, 7) is 3.46. The first-order valence-electron chi connectivity index (χ1n) is 6.92. The van der Waals surface area contributed by atoms with Crippen LogP contribution in [0.15, 0.2) is 35.3 Å². The van der Waals surface area contributed by atoms with Crippen molar-refractivity contribution in [3.8, 4) is 5.75 Å². The molecular formula is C15H24ClN5O. The molecule has 0 amide bonds. The van der Waals surface area contributed by atoms with Gasteiger partial charge in [-0.2, -0.15) is 0 Å². The highest BCUT2D eigenvalue weighted by Gasteiger charge is 2.01. The number of para-hydroxylation sites is 1. The molecule has 0 aliphatic carbocycles. The van der Waals surface area contributed by atoms with E-state index in [-0.39, 0.29) is 24.3 Å². The van der Waals surface area contributed by atoms with Gasteiger partial charge in [-0.15, -0.1) is 12.4 Å². The molecule has 1 aliphatic rings. The topological polar surface area (TPSA) is 110 Å². The number of ether oxygens (including phenoxy) is 1. The van der Waals surface area contributed by atoms with E-state index in [4.69, 9.17) is 21.6 Å². The van der Waals surface area contributed by atoms with Crippen molar-refractivity contribution in [3.05, 3.63) is 35.9 Å². The van der Waals surface area contributed by atoms with E-state index in [2.05, 4.69) is 23.3 Å². The zero-order chi connectivity index (χ0) is 15.5. The Hall–Kier alpha value is -2.21. The van der Waals surface area contributed by atoms with Gasteiger partial charge < -0.3 is 16.2 Å². The van der Waals surface area contributed by atoms with Crippen molar-refractivity contribution in [1.29, 1.82) is 5.41 Å². The number of hydrogen-bond acceptors (Lipinski definition) is 3. The van der Waals surface area contributed by atoms with Gasteiger partial charge in [0.05, 0.1) is 0 Å². The molecule has 2 rings (SSSR count). The van der Waals surface area contributed by atoms with E-state index in [9.17, 15) is 0 Å². The Balaban J connectivity index is 0.000000383. The highest BCUT2D eigenvalue weighted by Crippen LogP contribution is 2.21. The van der Waals surface area contributed by atoms with Crippen LogP contribution in [0.5, 0.6) is 5.75 Å². The van der Waals surface area contributed by atoms with Crippen LogP contribution < -0.4 is 21.5 Å². The van der Waals surface area contributed by atoms with E-state index in [1.807, 2.05) is 30.3 Å². The predicted octanol–water partition coefficient (Wildman–Crippen LogP) is 2.10. The average molecular weight is 326 g/mol. The lowest BCUT2D eigenvalue weighted by Crippen LogP contribution is -2.40. The summed E-state index contributed by atoms with van der Waals surface area (Å²) in [7, 11) is 0. The number of unbranched alkanes of at least 4 members (excludes halogenated alkanes) is 1. The lowest BCUT2D eigenvalue weighted by Gasteiger charge is -2.10. The third-order valence-corrected chi connectivity index (χ3v) is 2.61. The number of aliphatic imine (C=N–C) groups is 1. The van der Waals surface area contributed by atoms with Crippen molar-refractivity contribution in [3.63, 3.8) is 0 Å². The first kappa shape index (κ1) is 19.8. The molecule has 0 saturated carbocycles. The normalized spacial score (nSPS) is 12.0. The van der Waals surface area contributed by atoms with E-state index in [0.717, 1.165) is 18.6 Å². The van der Waals surface area contributed by atoms with Gasteiger partial charge in [0.1, 0.15) is 12.4 Å². The van der Waals surface area contributed by atoms with Crippen molar-refractivity contribution < 1.29 is 4.74 Å². The van der Waals surface area contributed by atoms with Crippen molar-refractivity contribution in [2.75, 3.05) is 13.2 Å². The van der Waals surface area contributed by atoms with Gasteiger partial charge in [0.15, 0.2) is 11.9 Å². The summed E-state index contributed by atoms with van der Waals surface area (Å²) in [5.41, 5.74) is 11.5. The smallest absolute Gasteiger partial charge is 0.195 e. The zero-order valence-corrected chi connectivity index (χ0v) is 13.5. The van der Waals surface area contributed by atoms with Crippen molar-refractivity contribution in [1.82, 2.24) is 5.32 Å². The molecule has 0 atom stereocenters. The lowest BCUT2D eigenvalue weighted by atomic mass is 10.1. The molecule has 1 aromatic rings. The Bertz CT molecular complexity index is 516. The Morgan fingerprint density at radius 1 is 1.36 bits per heavy atom. The average Bonchev–Trinajstić information content (AvgIpc) is 2.47. The first-order valence-corrected chi connectivity index (χ1v) is 6.92. The number of hydrogen-bond donors (Lipinski definition) is 4. The van der Waals surface area contributed by atoms with Crippen LogP contribution in [0.3, 0.4) is 0 Å². The number of halogens is 1. The molecule has 6 N–H and O–H groups in total. The van der Waals surface area contributed by atoms with Crippen LogP contribution in [-0.4, -0.2) is 25.1 Å². The zero-order valence-electron chi connectivity index (χ0n) is 12.7. The second-order valence-electron chi connectivity index (χ2n) is 4.41. The van der Waals surface area contributed by atoms with Crippen molar-refractivity contribution >= 4 is 30.4 Å². The Morgan fingerprint density at radius 3 is 2.73 bits per heavy atom. The predicted molar refractivity (Wildman–Crippen MR) is 94.7 cm³/mol. The van der Waals surface area contributed by atoms with E-state index >= 15 is 0 Å². The van der Waals surface area contributed by atoms with E-state index in [1.165, 1.54) is 5.56 Å². The second kappa shape index (κ2) is 11.4. The van der Waals surface area contributed by atoms with Crippen LogP contribution in [-0.2, 0) is 0 Å². The minimum Gasteiger partial charge on any atom is -0.489 e. The van der Waals surface area contributed by atoms with E-state index in [0.29, 0.717) is 13.2 Å². The monoisotopic (exact) mass is 325 g/mol. The molecule has 0 radical (unpaired) electrons. The SMILES string of the molecule is C1=Cc2ccccc2OC1.CCCCN=C(N)NC(=N)N.Cl. The van der Waals surface area contributed by atoms with Crippen LogP contribution in [0.25, 0.3) is 6.08 Å². The molecule has 0 unspecified atom stereocenters. The largest absolute Gasteiger partial charge is 0.489 e. The van der Waals surface area contributed by atoms with Crippen molar-refractivity contribution in [2.45, 2.75) is 19.8 Å². The summed E-state index contributed by atoms with van der Waals surface area (Å²) >= 11 is 0. The quantitative estimate of drug-likeness (QED) is 0.387. The molecule has 0 saturated heterocycles. The molecule has 22 heavy (non-hydrogen) atoms. The van der Waals surface area contributed by atoms with Gasteiger partial charge in [-0.05, 0) is 18.6 Å². The van der Waals surface area contributed by atoms with E-state index < -0.39 is 0 Å². The summed E-state index contributed by atoms with van der Waals surface area (Å²) in [6.07, 6.45) is 6.18. The van der Waals surface area contributed by atoms with E-state index in [1.54, 1.807) is 0 Å². The molecule has 0 aromatic heterocycles. The van der Waals surface area contributed by atoms with Gasteiger partial charge in [0.2, 0.25) is 0 Å². The molecule has 6 nitrogen and oxygen atoms in total. The Morgan fingerprint density at radius 2 is 2.09 bits per heavy atom. The van der Waals surface area contributed by atoms with Gasteiger partial charge in [-0.1, -0.05) is 37.6 Å². The van der Waals surface area contributed by atoms with Gasteiger partial charge in [-0.25, -0.2) is 0 Å². The second-order valence-corrected chi connectivity index (χ2v) is 4.41. The van der Waals surface area contributed by atoms with Gasteiger partial charge in [0, 0.05) is 12.1 Å². The third-order valence-electron chi connectivity index (χ3n) is 2.61. The van der Waals surface area contributed by atoms with Crippen molar-refractivity contribution in [2.24, 2.45) is 16.5 Å². The van der Waals surface area contributed by atoms with Crippen LogP contribution in [0, 0.1) is 5.41 Å². The molecule has 1 aliphatic heterocycles. The fraction of sp³-hybridized carbons (Fsp3) is 0.333. The highest BCUT2D eigenvalue weighted by atomic mass is 35.5. The Labute approximate surface area is 137 Å². The number of nitrogens with zero attached hydrogens (tertiary/aromatic N) is 1. The number of guanidine groups is 2. The molecule has 0 spiro atoms. The summed E-state index contributed by atoms with van der Waals surface area (Å²) in [5.74, 6) is 1.03. The molecular weight excluding hydrogens is 302 g/mol. The molecule has 0 bridgehead atoms. The maximum Gasteiger partial charge on any atom is 0.195 e. The van der Waals surface area contributed by atoms with Crippen LogP contribution in [0.4, 0.5) is 0 Å². The van der Waals surface area contributed by atoms with Gasteiger partial charge in [0.25, 0.3) is 0 Å². The summed E-state index contributed by atoms with van der Waals surface area (Å²) in [5, 5.41) is 9.20. The van der Waals surface area contributed by atoms with Gasteiger partial charge >= 0.3 is 0 Å². The highest BCUT2D eigenvalue weighted by molar-refractivity contribution is 5.95. The third kappa shape index (κ3) is 8.16. The molecule has 7 heteroatoms. The summed E-state index contributed by atoms with van der Waals surface area (Å²) < 4.78 is 5.34. The molecule has 1 aromatic carbocycles. The lowest BCUT2D eigenvalue weighted by molar-refractivity contribution is 0.358. The number of fused-ring (bicyclic) bond motifs is 1. The summed E-state index contributed by atoms with van der Waals surface area (Å²) in [4.78, 5) is 3.92. The maximum atomic E-state index is 6.81. The van der Waals surface area contributed by atoms with Crippen LogP contribution in [0.1, 0.15) is 25.3 Å². The van der Waals surface area contributed by atoms with Crippen LogP contribution >= 0.6 is 12.4 Å². The first-order chi connectivity index (χ1) is 10.1. The number of nitrogens with two attached hydrogens (primary N) is 2. The van der Waals surface area contributed by atoms with Gasteiger partial charge in [-0.3, -0.25) is 15.7 Å². The molecule has 122 valence electrons.